The molecule has 7 nitrogen and oxygen atoms in total. The highest BCUT2D eigenvalue weighted by molar-refractivity contribution is 7.99. The molecule has 158 valence electrons. The van der Waals surface area contributed by atoms with Crippen molar-refractivity contribution < 1.29 is 4.79 Å². The number of thioether (sulfide) groups is 1. The zero-order chi connectivity index (χ0) is 20.9. The monoisotopic (exact) mass is 425 g/mol. The van der Waals surface area contributed by atoms with E-state index in [4.69, 9.17) is 0 Å². The van der Waals surface area contributed by atoms with Crippen molar-refractivity contribution >= 4 is 34.3 Å². The van der Waals surface area contributed by atoms with Gasteiger partial charge in [0.2, 0.25) is 11.7 Å². The molecule has 0 radical (unpaired) electrons. The normalized spacial score (nSPS) is 15.7. The molecule has 0 bridgehead atoms. The van der Waals surface area contributed by atoms with E-state index >= 15 is 0 Å². The van der Waals surface area contributed by atoms with Gasteiger partial charge in [-0.2, -0.15) is 0 Å². The summed E-state index contributed by atoms with van der Waals surface area (Å²) in [6.45, 7) is 4.09. The van der Waals surface area contributed by atoms with Crippen LogP contribution in [0.15, 0.2) is 46.9 Å². The number of benzene rings is 1. The van der Waals surface area contributed by atoms with E-state index in [1.54, 1.807) is 16.7 Å². The van der Waals surface area contributed by atoms with Crippen LogP contribution in [0.1, 0.15) is 44.9 Å². The van der Waals surface area contributed by atoms with E-state index in [2.05, 4.69) is 22.1 Å². The number of aromatic nitrogens is 4. The number of carbonyl (C=O) groups is 1. The van der Waals surface area contributed by atoms with Crippen LogP contribution in [-0.2, 0) is 11.3 Å². The molecule has 4 rings (SSSR count). The Hall–Kier alpha value is -2.61. The summed E-state index contributed by atoms with van der Waals surface area (Å²) in [5.74, 6) is 0.749. The number of hydrogen-bond acceptors (Lipinski definition) is 5. The third kappa shape index (κ3) is 4.28. The van der Waals surface area contributed by atoms with Crippen LogP contribution in [0.2, 0.25) is 0 Å². The molecule has 0 aliphatic heterocycles. The molecule has 0 spiro atoms. The lowest BCUT2D eigenvalue weighted by atomic mass is 9.97. The maximum atomic E-state index is 12.8. The Labute approximate surface area is 179 Å². The van der Waals surface area contributed by atoms with Crippen LogP contribution in [0, 0.1) is 0 Å². The predicted octanol–water partition coefficient (Wildman–Crippen LogP) is 3.55. The smallest absolute Gasteiger partial charge is 0.263 e. The first-order valence-corrected chi connectivity index (χ1v) is 11.6. The average molecular weight is 426 g/mol. The van der Waals surface area contributed by atoms with Gasteiger partial charge in [-0.3, -0.25) is 18.6 Å². The summed E-state index contributed by atoms with van der Waals surface area (Å²) in [5, 5.41) is 12.9. The van der Waals surface area contributed by atoms with Gasteiger partial charge < -0.3 is 5.32 Å². The molecule has 2 heterocycles. The van der Waals surface area contributed by atoms with Crippen molar-refractivity contribution in [2.24, 2.45) is 0 Å². The second-order valence-corrected chi connectivity index (χ2v) is 8.68. The second-order valence-electron chi connectivity index (χ2n) is 7.74. The summed E-state index contributed by atoms with van der Waals surface area (Å²) in [5.41, 5.74) is 0.620. The highest BCUT2D eigenvalue weighted by atomic mass is 32.2. The number of carbonyl (C=O) groups excluding carboxylic acids is 1. The number of nitrogens with one attached hydrogen (secondary N) is 1. The number of fused-ring (bicyclic) bond motifs is 3. The summed E-state index contributed by atoms with van der Waals surface area (Å²) in [7, 11) is 0. The highest BCUT2D eigenvalue weighted by Crippen LogP contribution is 2.22. The number of nitrogens with zero attached hydrogens (tertiary/aromatic N) is 4. The summed E-state index contributed by atoms with van der Waals surface area (Å²) < 4.78 is 3.41. The van der Waals surface area contributed by atoms with Gasteiger partial charge in [-0.25, -0.2) is 0 Å². The van der Waals surface area contributed by atoms with E-state index in [0.29, 0.717) is 22.9 Å². The van der Waals surface area contributed by atoms with Crippen LogP contribution in [-0.4, -0.2) is 36.9 Å². The number of allylic oxidation sites excluding steroid dienone is 1. The molecule has 1 amide bonds. The van der Waals surface area contributed by atoms with Crippen molar-refractivity contribution in [2.75, 3.05) is 5.75 Å². The first-order chi connectivity index (χ1) is 14.7. The Morgan fingerprint density at radius 1 is 1.17 bits per heavy atom. The van der Waals surface area contributed by atoms with Gasteiger partial charge in [-0.15, -0.1) is 16.8 Å². The Bertz CT molecular complexity index is 1110. The number of hydrogen-bond donors (Lipinski definition) is 1. The lowest BCUT2D eigenvalue weighted by molar-refractivity contribution is -0.119. The standard InChI is InChI=1S/C22H27N5O2S/c1-2-14-26-20(29)17-12-8-9-13-18(17)27-21(26)24-25-22(27)30-15-19(28)23-16-10-6-4-3-5-7-11-16/h2,8-9,12-13,16H,1,3-7,10-11,14-15H2,(H,23,28). The van der Waals surface area contributed by atoms with Gasteiger partial charge in [0.15, 0.2) is 5.16 Å². The third-order valence-electron chi connectivity index (χ3n) is 5.59. The Morgan fingerprint density at radius 2 is 1.90 bits per heavy atom. The van der Waals surface area contributed by atoms with Crippen LogP contribution in [0.5, 0.6) is 0 Å². The fourth-order valence-electron chi connectivity index (χ4n) is 4.12. The maximum Gasteiger partial charge on any atom is 0.263 e. The molecule has 8 heteroatoms. The van der Waals surface area contributed by atoms with Gasteiger partial charge in [-0.1, -0.05) is 62.1 Å². The minimum Gasteiger partial charge on any atom is -0.353 e. The molecule has 1 saturated carbocycles. The van der Waals surface area contributed by atoms with Crippen LogP contribution in [0.3, 0.4) is 0 Å². The second kappa shape index (κ2) is 9.47. The zero-order valence-electron chi connectivity index (χ0n) is 17.0. The molecular formula is C22H27N5O2S. The Balaban J connectivity index is 1.57. The van der Waals surface area contributed by atoms with Gasteiger partial charge in [0.1, 0.15) is 0 Å². The van der Waals surface area contributed by atoms with Crippen molar-refractivity contribution in [1.82, 2.24) is 24.5 Å². The number of rotatable bonds is 6. The molecule has 1 aromatic carbocycles. The summed E-state index contributed by atoms with van der Waals surface area (Å²) in [6.07, 6.45) is 9.96. The van der Waals surface area contributed by atoms with Crippen LogP contribution in [0.4, 0.5) is 0 Å². The van der Waals surface area contributed by atoms with E-state index in [-0.39, 0.29) is 23.3 Å². The zero-order valence-corrected chi connectivity index (χ0v) is 17.9. The molecule has 0 unspecified atom stereocenters. The molecule has 1 aliphatic carbocycles. The third-order valence-corrected chi connectivity index (χ3v) is 6.52. The minimum atomic E-state index is -0.121. The SMILES string of the molecule is C=CCn1c(=O)c2ccccc2n2c(SCC(=O)NC3CCCCCCC3)nnc12. The highest BCUT2D eigenvalue weighted by Gasteiger charge is 2.18. The first-order valence-electron chi connectivity index (χ1n) is 10.6. The number of amides is 1. The summed E-state index contributed by atoms with van der Waals surface area (Å²) in [4.78, 5) is 25.4. The molecule has 30 heavy (non-hydrogen) atoms. The Kier molecular flexibility index (Phi) is 6.52. The summed E-state index contributed by atoms with van der Waals surface area (Å²) >= 11 is 1.35. The van der Waals surface area contributed by atoms with E-state index in [1.165, 1.54) is 43.9 Å². The van der Waals surface area contributed by atoms with Gasteiger partial charge in [0.05, 0.1) is 16.7 Å². The van der Waals surface area contributed by atoms with E-state index in [9.17, 15) is 9.59 Å². The maximum absolute atomic E-state index is 12.8. The molecule has 0 saturated heterocycles. The van der Waals surface area contributed by atoms with E-state index in [1.807, 2.05) is 22.6 Å². The summed E-state index contributed by atoms with van der Waals surface area (Å²) in [6, 6.07) is 7.67. The predicted molar refractivity (Wildman–Crippen MR) is 120 cm³/mol. The van der Waals surface area contributed by atoms with Crippen molar-refractivity contribution in [2.45, 2.75) is 62.7 Å². The van der Waals surface area contributed by atoms with Crippen LogP contribution < -0.4 is 10.9 Å². The van der Waals surface area contributed by atoms with Crippen molar-refractivity contribution in [3.05, 3.63) is 47.3 Å². The van der Waals surface area contributed by atoms with E-state index in [0.717, 1.165) is 18.4 Å². The molecule has 3 aromatic rings. The first kappa shape index (κ1) is 20.7. The van der Waals surface area contributed by atoms with Crippen molar-refractivity contribution in [3.63, 3.8) is 0 Å². The molecular weight excluding hydrogens is 398 g/mol. The van der Waals surface area contributed by atoms with Crippen molar-refractivity contribution in [1.29, 1.82) is 0 Å². The van der Waals surface area contributed by atoms with Gasteiger partial charge in [0.25, 0.3) is 5.56 Å². The van der Waals surface area contributed by atoms with Gasteiger partial charge >= 0.3 is 0 Å². The van der Waals surface area contributed by atoms with Crippen LogP contribution in [0.25, 0.3) is 16.7 Å². The molecule has 1 fully saturated rings. The largest absolute Gasteiger partial charge is 0.353 e. The molecule has 2 aromatic heterocycles. The molecule has 1 N–H and O–H groups in total. The van der Waals surface area contributed by atoms with Crippen molar-refractivity contribution in [3.8, 4) is 0 Å². The minimum absolute atomic E-state index is 0.0195. The quantitative estimate of drug-likeness (QED) is 0.482. The number of para-hydroxylation sites is 1. The fraction of sp³-hybridized carbons (Fsp3) is 0.455. The topological polar surface area (TPSA) is 81.3 Å². The van der Waals surface area contributed by atoms with Gasteiger partial charge in [0, 0.05) is 12.6 Å². The van der Waals surface area contributed by atoms with Crippen LogP contribution >= 0.6 is 11.8 Å². The molecule has 1 aliphatic rings. The average Bonchev–Trinajstić information content (AvgIpc) is 3.15. The lowest BCUT2D eigenvalue weighted by Gasteiger charge is -2.20. The Morgan fingerprint density at radius 3 is 2.67 bits per heavy atom. The fourth-order valence-corrected chi connectivity index (χ4v) is 4.87. The molecule has 0 atom stereocenters. The van der Waals surface area contributed by atoms with E-state index < -0.39 is 0 Å². The van der Waals surface area contributed by atoms with Gasteiger partial charge in [-0.05, 0) is 25.0 Å². The lowest BCUT2D eigenvalue weighted by Crippen LogP contribution is -2.36.